The van der Waals surface area contributed by atoms with Gasteiger partial charge in [-0.1, -0.05) is 37.3 Å². The highest BCUT2D eigenvalue weighted by Crippen LogP contribution is 2.34. The number of carbonyl (C=O) groups is 1. The van der Waals surface area contributed by atoms with E-state index in [1.165, 1.54) is 32.1 Å². The van der Waals surface area contributed by atoms with Crippen molar-refractivity contribution in [3.8, 4) is 0 Å². The lowest BCUT2D eigenvalue weighted by atomic mass is 9.87. The molecule has 1 aromatic rings. The van der Waals surface area contributed by atoms with Gasteiger partial charge < -0.3 is 9.42 Å². The van der Waals surface area contributed by atoms with Crippen LogP contribution in [0, 0.1) is 12.8 Å². The molecule has 1 saturated carbocycles. The summed E-state index contributed by atoms with van der Waals surface area (Å²) in [5.74, 6) is 1.44. The number of amides is 1. The number of hydrogen-bond acceptors (Lipinski definition) is 3. The van der Waals surface area contributed by atoms with Gasteiger partial charge in [0.05, 0.1) is 6.04 Å². The molecule has 0 spiro atoms. The average Bonchev–Trinajstić information content (AvgIpc) is 2.80. The van der Waals surface area contributed by atoms with Gasteiger partial charge in [0, 0.05) is 18.5 Å². The second kappa shape index (κ2) is 6.63. The molecule has 116 valence electrons. The highest BCUT2D eigenvalue weighted by Gasteiger charge is 2.33. The van der Waals surface area contributed by atoms with Crippen LogP contribution in [0.4, 0.5) is 0 Å². The second-order valence-electron chi connectivity index (χ2n) is 6.59. The number of aromatic nitrogens is 1. The van der Waals surface area contributed by atoms with E-state index in [2.05, 4.69) is 10.1 Å². The number of hydrogen-bond donors (Lipinski definition) is 0. The Hall–Kier alpha value is -1.32. The maximum Gasteiger partial charge on any atom is 0.226 e. The van der Waals surface area contributed by atoms with Crippen molar-refractivity contribution in [3.63, 3.8) is 0 Å². The van der Waals surface area contributed by atoms with Crippen molar-refractivity contribution in [2.24, 2.45) is 5.92 Å². The Morgan fingerprint density at radius 2 is 1.86 bits per heavy atom. The third kappa shape index (κ3) is 3.30. The minimum atomic E-state index is 0.124. The van der Waals surface area contributed by atoms with Crippen molar-refractivity contribution in [3.05, 3.63) is 17.5 Å². The highest BCUT2D eigenvalue weighted by atomic mass is 16.5. The van der Waals surface area contributed by atoms with E-state index in [1.54, 1.807) is 0 Å². The SMILES string of the molecule is Cc1cc(C2CCCCCN2C(=O)C2CCCCC2)no1. The second-order valence-corrected chi connectivity index (χ2v) is 6.59. The van der Waals surface area contributed by atoms with Crippen molar-refractivity contribution >= 4 is 5.91 Å². The monoisotopic (exact) mass is 290 g/mol. The van der Waals surface area contributed by atoms with E-state index in [0.29, 0.717) is 5.91 Å². The van der Waals surface area contributed by atoms with Gasteiger partial charge in [-0.3, -0.25) is 4.79 Å². The molecule has 2 heterocycles. The molecule has 1 aromatic heterocycles. The molecule has 4 nitrogen and oxygen atoms in total. The summed E-state index contributed by atoms with van der Waals surface area (Å²) in [6.45, 7) is 2.80. The maximum atomic E-state index is 13.0. The summed E-state index contributed by atoms with van der Waals surface area (Å²) in [6.07, 6.45) is 10.4. The summed E-state index contributed by atoms with van der Waals surface area (Å²) in [6, 6.07) is 2.12. The predicted molar refractivity (Wildman–Crippen MR) is 80.7 cm³/mol. The summed E-state index contributed by atoms with van der Waals surface area (Å²) in [7, 11) is 0. The van der Waals surface area contributed by atoms with Crippen LogP contribution in [-0.2, 0) is 4.79 Å². The molecule has 0 N–H and O–H groups in total. The van der Waals surface area contributed by atoms with E-state index >= 15 is 0 Å². The molecule has 3 rings (SSSR count). The number of rotatable bonds is 2. The van der Waals surface area contributed by atoms with Crippen LogP contribution in [0.1, 0.15) is 75.3 Å². The van der Waals surface area contributed by atoms with Crippen LogP contribution in [0.25, 0.3) is 0 Å². The van der Waals surface area contributed by atoms with Crippen LogP contribution in [0.2, 0.25) is 0 Å². The molecule has 21 heavy (non-hydrogen) atoms. The summed E-state index contributed by atoms with van der Waals surface area (Å²) in [5.41, 5.74) is 0.943. The fourth-order valence-electron chi connectivity index (χ4n) is 3.81. The van der Waals surface area contributed by atoms with Crippen molar-refractivity contribution in [2.75, 3.05) is 6.54 Å². The van der Waals surface area contributed by atoms with Crippen LogP contribution >= 0.6 is 0 Å². The Kier molecular flexibility index (Phi) is 4.61. The zero-order valence-corrected chi connectivity index (χ0v) is 13.0. The largest absolute Gasteiger partial charge is 0.361 e. The van der Waals surface area contributed by atoms with Gasteiger partial charge in [-0.25, -0.2) is 0 Å². The zero-order chi connectivity index (χ0) is 14.7. The smallest absolute Gasteiger partial charge is 0.226 e. The van der Waals surface area contributed by atoms with Crippen molar-refractivity contribution in [1.29, 1.82) is 0 Å². The molecule has 1 amide bonds. The first-order valence-corrected chi connectivity index (χ1v) is 8.49. The molecule has 2 aliphatic rings. The molecule has 0 radical (unpaired) electrons. The van der Waals surface area contributed by atoms with Gasteiger partial charge in [-0.05, 0) is 32.6 Å². The lowest BCUT2D eigenvalue weighted by Crippen LogP contribution is -2.39. The van der Waals surface area contributed by atoms with Crippen molar-refractivity contribution < 1.29 is 9.32 Å². The molecule has 1 saturated heterocycles. The number of carbonyl (C=O) groups excluding carboxylic acids is 1. The van der Waals surface area contributed by atoms with Crippen molar-refractivity contribution in [1.82, 2.24) is 10.1 Å². The topological polar surface area (TPSA) is 46.3 Å². The van der Waals surface area contributed by atoms with Gasteiger partial charge in [0.1, 0.15) is 11.5 Å². The summed E-state index contributed by atoms with van der Waals surface area (Å²) in [4.78, 5) is 15.1. The Morgan fingerprint density at radius 3 is 2.57 bits per heavy atom. The van der Waals surface area contributed by atoms with E-state index in [-0.39, 0.29) is 12.0 Å². The van der Waals surface area contributed by atoms with Gasteiger partial charge in [-0.15, -0.1) is 0 Å². The van der Waals surface area contributed by atoms with Gasteiger partial charge >= 0.3 is 0 Å². The molecule has 1 atom stereocenters. The standard InChI is InChI=1S/C17H26N2O2/c1-13-12-15(18-21-13)16-10-6-3-7-11-19(16)17(20)14-8-4-2-5-9-14/h12,14,16H,2-11H2,1H3. The third-order valence-corrected chi connectivity index (χ3v) is 4.98. The Labute approximate surface area is 126 Å². The molecule has 1 aliphatic carbocycles. The molecule has 0 bridgehead atoms. The quantitative estimate of drug-likeness (QED) is 0.827. The molecule has 4 heteroatoms. The van der Waals surface area contributed by atoms with Gasteiger partial charge in [0.2, 0.25) is 5.91 Å². The zero-order valence-electron chi connectivity index (χ0n) is 13.0. The summed E-state index contributed by atoms with van der Waals surface area (Å²) < 4.78 is 5.24. The van der Waals surface area contributed by atoms with E-state index in [1.807, 2.05) is 13.0 Å². The fraction of sp³-hybridized carbons (Fsp3) is 0.765. The van der Waals surface area contributed by atoms with Gasteiger partial charge in [-0.2, -0.15) is 0 Å². The number of nitrogens with zero attached hydrogens (tertiary/aromatic N) is 2. The van der Waals surface area contributed by atoms with Crippen LogP contribution < -0.4 is 0 Å². The highest BCUT2D eigenvalue weighted by molar-refractivity contribution is 5.79. The first kappa shape index (κ1) is 14.6. The number of aryl methyl sites for hydroxylation is 1. The first-order valence-electron chi connectivity index (χ1n) is 8.49. The van der Waals surface area contributed by atoms with Crippen LogP contribution in [0.15, 0.2) is 10.6 Å². The predicted octanol–water partition coefficient (Wildman–Crippen LogP) is 4.01. The van der Waals surface area contributed by atoms with E-state index in [0.717, 1.165) is 43.7 Å². The van der Waals surface area contributed by atoms with Crippen LogP contribution in [0.5, 0.6) is 0 Å². The van der Waals surface area contributed by atoms with Crippen LogP contribution in [-0.4, -0.2) is 22.5 Å². The molecule has 1 unspecified atom stereocenters. The molecular weight excluding hydrogens is 264 g/mol. The third-order valence-electron chi connectivity index (χ3n) is 4.98. The average molecular weight is 290 g/mol. The van der Waals surface area contributed by atoms with Crippen molar-refractivity contribution in [2.45, 2.75) is 70.8 Å². The first-order chi connectivity index (χ1) is 10.3. The Morgan fingerprint density at radius 1 is 1.14 bits per heavy atom. The fourth-order valence-corrected chi connectivity index (χ4v) is 3.81. The lowest BCUT2D eigenvalue weighted by molar-refractivity contribution is -0.139. The van der Waals surface area contributed by atoms with Gasteiger partial charge in [0.15, 0.2) is 0 Å². The minimum absolute atomic E-state index is 0.124. The lowest BCUT2D eigenvalue weighted by Gasteiger charge is -2.33. The van der Waals surface area contributed by atoms with Gasteiger partial charge in [0.25, 0.3) is 0 Å². The van der Waals surface area contributed by atoms with Crippen LogP contribution in [0.3, 0.4) is 0 Å². The molecular formula is C17H26N2O2. The number of likely N-dealkylation sites (tertiary alicyclic amines) is 1. The minimum Gasteiger partial charge on any atom is -0.361 e. The Bertz CT molecular complexity index is 477. The maximum absolute atomic E-state index is 13.0. The normalized spacial score (nSPS) is 24.8. The van der Waals surface area contributed by atoms with E-state index < -0.39 is 0 Å². The molecule has 2 fully saturated rings. The molecule has 1 aliphatic heterocycles. The Balaban J connectivity index is 1.79. The molecule has 0 aromatic carbocycles. The summed E-state index contributed by atoms with van der Waals surface area (Å²) in [5, 5.41) is 4.19. The van der Waals surface area contributed by atoms with E-state index in [9.17, 15) is 4.79 Å². The summed E-state index contributed by atoms with van der Waals surface area (Å²) >= 11 is 0. The van der Waals surface area contributed by atoms with E-state index in [4.69, 9.17) is 4.52 Å².